The van der Waals surface area contributed by atoms with Gasteiger partial charge in [-0.05, 0) is 37.0 Å². The van der Waals surface area contributed by atoms with E-state index in [1.54, 1.807) is 12.1 Å². The van der Waals surface area contributed by atoms with Crippen molar-refractivity contribution < 1.29 is 32.5 Å². The number of benzene rings is 2. The van der Waals surface area contributed by atoms with Crippen molar-refractivity contribution in [2.45, 2.75) is 19.5 Å². The van der Waals surface area contributed by atoms with Gasteiger partial charge in [0.1, 0.15) is 0 Å². The van der Waals surface area contributed by atoms with Gasteiger partial charge in [-0.2, -0.15) is 8.78 Å². The molecule has 1 amide bonds. The van der Waals surface area contributed by atoms with E-state index < -0.39 is 12.5 Å². The maximum absolute atomic E-state index is 12.7. The summed E-state index contributed by atoms with van der Waals surface area (Å²) in [7, 11) is 3.07. The number of rotatable bonds is 9. The summed E-state index contributed by atoms with van der Waals surface area (Å²) in [4.78, 5) is 17.1. The van der Waals surface area contributed by atoms with Crippen LogP contribution in [0.2, 0.25) is 0 Å². The molecule has 0 radical (unpaired) electrons. The SMILES string of the molecule is COc1cc2nc(NC(=O)c3ccc(OC(F)F)c(OCC4CC4)c3)sc2cc1OC. The number of aromatic nitrogens is 1. The van der Waals surface area contributed by atoms with E-state index in [1.807, 2.05) is 0 Å². The highest BCUT2D eigenvalue weighted by Gasteiger charge is 2.23. The van der Waals surface area contributed by atoms with Crippen molar-refractivity contribution in [2.75, 3.05) is 26.1 Å². The van der Waals surface area contributed by atoms with Crippen molar-refractivity contribution >= 4 is 32.6 Å². The van der Waals surface area contributed by atoms with Gasteiger partial charge in [0.2, 0.25) is 0 Å². The molecule has 0 saturated heterocycles. The molecule has 1 saturated carbocycles. The number of hydrogen-bond acceptors (Lipinski definition) is 7. The summed E-state index contributed by atoms with van der Waals surface area (Å²) >= 11 is 1.27. The second-order valence-electron chi connectivity index (χ2n) is 6.94. The summed E-state index contributed by atoms with van der Waals surface area (Å²) in [6.07, 6.45) is 2.08. The first-order valence-corrected chi connectivity index (χ1v) is 10.3. The maximum atomic E-state index is 12.7. The lowest BCUT2D eigenvalue weighted by Crippen LogP contribution is -2.13. The van der Waals surface area contributed by atoms with Gasteiger partial charge in [0.05, 0.1) is 31.0 Å². The van der Waals surface area contributed by atoms with Gasteiger partial charge in [0.25, 0.3) is 5.91 Å². The van der Waals surface area contributed by atoms with E-state index in [9.17, 15) is 13.6 Å². The summed E-state index contributed by atoms with van der Waals surface area (Å²) in [5, 5.41) is 3.11. The predicted molar refractivity (Wildman–Crippen MR) is 112 cm³/mol. The molecule has 31 heavy (non-hydrogen) atoms. The Balaban J connectivity index is 1.55. The molecular weight excluding hydrogens is 430 g/mol. The number of amides is 1. The van der Waals surface area contributed by atoms with Gasteiger partial charge in [-0.3, -0.25) is 10.1 Å². The summed E-state index contributed by atoms with van der Waals surface area (Å²) in [6.45, 7) is -2.59. The van der Waals surface area contributed by atoms with E-state index in [-0.39, 0.29) is 17.1 Å². The molecular formula is C21H20F2N2O5S. The number of hydrogen-bond donors (Lipinski definition) is 1. The third-order valence-electron chi connectivity index (χ3n) is 4.71. The number of anilines is 1. The minimum Gasteiger partial charge on any atom is -0.493 e. The Morgan fingerprint density at radius 2 is 1.87 bits per heavy atom. The molecule has 1 fully saturated rings. The summed E-state index contributed by atoms with van der Waals surface area (Å²) in [5.41, 5.74) is 0.883. The Hall–Kier alpha value is -3.14. The van der Waals surface area contributed by atoms with Crippen LogP contribution >= 0.6 is 11.3 Å². The van der Waals surface area contributed by atoms with Crippen LogP contribution in [-0.4, -0.2) is 38.3 Å². The highest BCUT2D eigenvalue weighted by Crippen LogP contribution is 2.37. The topological polar surface area (TPSA) is 78.9 Å². The number of nitrogens with one attached hydrogen (secondary N) is 1. The molecule has 1 aromatic heterocycles. The molecule has 0 spiro atoms. The molecule has 1 heterocycles. The first kappa shape index (κ1) is 21.1. The Morgan fingerprint density at radius 1 is 1.13 bits per heavy atom. The number of ether oxygens (including phenoxy) is 4. The molecule has 2 aromatic carbocycles. The van der Waals surface area contributed by atoms with Gasteiger partial charge < -0.3 is 18.9 Å². The number of methoxy groups -OCH3 is 2. The molecule has 0 aliphatic heterocycles. The Bertz CT molecular complexity index is 1060. The molecule has 1 N–H and O–H groups in total. The Labute approximate surface area is 180 Å². The molecule has 164 valence electrons. The van der Waals surface area contributed by atoms with Gasteiger partial charge in [-0.15, -0.1) is 0 Å². The van der Waals surface area contributed by atoms with Crippen LogP contribution in [0.1, 0.15) is 23.2 Å². The van der Waals surface area contributed by atoms with Crippen LogP contribution in [0, 0.1) is 5.92 Å². The third-order valence-corrected chi connectivity index (χ3v) is 5.64. The van der Waals surface area contributed by atoms with Gasteiger partial charge in [-0.1, -0.05) is 11.3 Å². The third kappa shape index (κ3) is 4.96. The van der Waals surface area contributed by atoms with E-state index in [1.165, 1.54) is 43.8 Å². The molecule has 1 aliphatic rings. The van der Waals surface area contributed by atoms with Crippen LogP contribution in [-0.2, 0) is 0 Å². The highest BCUT2D eigenvalue weighted by atomic mass is 32.1. The molecule has 0 unspecified atom stereocenters. The van der Waals surface area contributed by atoms with Gasteiger partial charge >= 0.3 is 6.61 Å². The van der Waals surface area contributed by atoms with Gasteiger partial charge in [-0.25, -0.2) is 4.98 Å². The molecule has 1 aliphatic carbocycles. The molecule has 0 atom stereocenters. The minimum absolute atomic E-state index is 0.105. The fourth-order valence-corrected chi connectivity index (χ4v) is 3.80. The van der Waals surface area contributed by atoms with Crippen LogP contribution < -0.4 is 24.3 Å². The molecule has 7 nitrogen and oxygen atoms in total. The van der Waals surface area contributed by atoms with Crippen molar-refractivity contribution in [2.24, 2.45) is 5.92 Å². The molecule has 10 heteroatoms. The lowest BCUT2D eigenvalue weighted by atomic mass is 10.2. The first-order valence-electron chi connectivity index (χ1n) is 9.52. The van der Waals surface area contributed by atoms with Crippen LogP contribution in [0.3, 0.4) is 0 Å². The molecule has 4 rings (SSSR count). The van der Waals surface area contributed by atoms with E-state index in [4.69, 9.17) is 14.2 Å². The van der Waals surface area contributed by atoms with E-state index in [0.717, 1.165) is 17.5 Å². The van der Waals surface area contributed by atoms with Crippen molar-refractivity contribution in [3.63, 3.8) is 0 Å². The zero-order chi connectivity index (χ0) is 22.0. The van der Waals surface area contributed by atoms with Crippen molar-refractivity contribution in [1.29, 1.82) is 0 Å². The van der Waals surface area contributed by atoms with Crippen molar-refractivity contribution in [3.05, 3.63) is 35.9 Å². The number of nitrogens with zero attached hydrogens (tertiary/aromatic N) is 1. The summed E-state index contributed by atoms with van der Waals surface area (Å²) < 4.78 is 46.9. The predicted octanol–water partition coefficient (Wildman–Crippen LogP) is 4.96. The average molecular weight is 450 g/mol. The van der Waals surface area contributed by atoms with E-state index in [2.05, 4.69) is 15.0 Å². The Kier molecular flexibility index (Phi) is 6.08. The normalized spacial score (nSPS) is 13.3. The van der Waals surface area contributed by atoms with Crippen LogP contribution in [0.5, 0.6) is 23.0 Å². The summed E-state index contributed by atoms with van der Waals surface area (Å²) in [5.74, 6) is 1.06. The number of thiazole rings is 1. The Morgan fingerprint density at radius 3 is 2.55 bits per heavy atom. The quantitative estimate of drug-likeness (QED) is 0.497. The smallest absolute Gasteiger partial charge is 0.387 e. The monoisotopic (exact) mass is 450 g/mol. The first-order chi connectivity index (χ1) is 15.0. The lowest BCUT2D eigenvalue weighted by Gasteiger charge is -2.13. The number of carbonyl (C=O) groups excluding carboxylic acids is 1. The number of halogens is 2. The lowest BCUT2D eigenvalue weighted by molar-refractivity contribution is -0.0515. The fourth-order valence-electron chi connectivity index (χ4n) is 2.93. The van der Waals surface area contributed by atoms with Crippen LogP contribution in [0.4, 0.5) is 13.9 Å². The standard InChI is InChI=1S/C21H20F2N2O5S/c1-27-15-8-13-18(9-16(15)28-2)31-21(24-13)25-19(26)12-5-6-14(30-20(22)23)17(7-12)29-10-11-3-4-11/h5-9,11,20H,3-4,10H2,1-2H3,(H,24,25,26). The van der Waals surface area contributed by atoms with Crippen LogP contribution in [0.25, 0.3) is 10.2 Å². The van der Waals surface area contributed by atoms with Gasteiger partial charge in [0.15, 0.2) is 28.1 Å². The maximum Gasteiger partial charge on any atom is 0.387 e. The molecule has 0 bridgehead atoms. The highest BCUT2D eigenvalue weighted by molar-refractivity contribution is 7.22. The van der Waals surface area contributed by atoms with Crippen molar-refractivity contribution in [3.8, 4) is 23.0 Å². The van der Waals surface area contributed by atoms with Crippen molar-refractivity contribution in [1.82, 2.24) is 4.98 Å². The number of carbonyl (C=O) groups is 1. The average Bonchev–Trinajstić information content (AvgIpc) is 3.50. The number of alkyl halides is 2. The van der Waals surface area contributed by atoms with E-state index in [0.29, 0.717) is 34.7 Å². The zero-order valence-corrected chi connectivity index (χ0v) is 17.6. The second-order valence-corrected chi connectivity index (χ2v) is 7.97. The number of fused-ring (bicyclic) bond motifs is 1. The second kappa shape index (κ2) is 8.93. The summed E-state index contributed by atoms with van der Waals surface area (Å²) in [6, 6.07) is 7.60. The zero-order valence-electron chi connectivity index (χ0n) is 16.8. The molecule has 3 aromatic rings. The largest absolute Gasteiger partial charge is 0.493 e. The fraction of sp³-hybridized carbons (Fsp3) is 0.333. The van der Waals surface area contributed by atoms with Gasteiger partial charge in [0, 0.05) is 17.7 Å². The van der Waals surface area contributed by atoms with Crippen LogP contribution in [0.15, 0.2) is 30.3 Å². The minimum atomic E-state index is -2.99. The van der Waals surface area contributed by atoms with E-state index >= 15 is 0 Å².